The van der Waals surface area contributed by atoms with E-state index >= 15 is 0 Å². The number of anilines is 2. The van der Waals surface area contributed by atoms with E-state index in [1.807, 2.05) is 7.05 Å². The van der Waals surface area contributed by atoms with E-state index in [0.29, 0.717) is 23.9 Å². The largest absolute Gasteiger partial charge is 0.467 e. The smallest absolute Gasteiger partial charge is 0.322 e. The third-order valence-electron chi connectivity index (χ3n) is 3.98. The van der Waals surface area contributed by atoms with Crippen LogP contribution in [0.15, 0.2) is 0 Å². The Labute approximate surface area is 127 Å². The summed E-state index contributed by atoms with van der Waals surface area (Å²) in [5, 5.41) is 2.98. The van der Waals surface area contributed by atoms with Gasteiger partial charge in [-0.25, -0.2) is 0 Å². The van der Waals surface area contributed by atoms with Gasteiger partial charge in [0, 0.05) is 19.6 Å². The van der Waals surface area contributed by atoms with Crippen molar-refractivity contribution in [1.29, 1.82) is 0 Å². The lowest BCUT2D eigenvalue weighted by Gasteiger charge is -2.29. The third-order valence-corrected chi connectivity index (χ3v) is 3.98. The molecule has 0 aromatic carbocycles. The summed E-state index contributed by atoms with van der Waals surface area (Å²) in [7, 11) is 3.40. The van der Waals surface area contributed by atoms with Gasteiger partial charge in [-0.2, -0.15) is 15.0 Å². The van der Waals surface area contributed by atoms with E-state index in [4.69, 9.17) is 4.74 Å². The Morgan fingerprint density at radius 1 is 1.24 bits per heavy atom. The van der Waals surface area contributed by atoms with Gasteiger partial charge >= 0.3 is 6.01 Å². The highest BCUT2D eigenvalue weighted by Gasteiger charge is 2.25. The van der Waals surface area contributed by atoms with Crippen LogP contribution in [0.4, 0.5) is 11.9 Å². The van der Waals surface area contributed by atoms with Crippen LogP contribution in [0.2, 0.25) is 0 Å². The first-order chi connectivity index (χ1) is 10.1. The molecule has 1 heterocycles. The van der Waals surface area contributed by atoms with Gasteiger partial charge in [0.15, 0.2) is 0 Å². The molecule has 21 heavy (non-hydrogen) atoms. The van der Waals surface area contributed by atoms with Crippen molar-refractivity contribution in [2.75, 3.05) is 30.9 Å². The van der Waals surface area contributed by atoms with E-state index in [1.54, 1.807) is 7.11 Å². The molecule has 1 aromatic rings. The zero-order chi connectivity index (χ0) is 15.2. The highest BCUT2D eigenvalue weighted by atomic mass is 16.5. The number of aromatic nitrogens is 3. The maximum absolute atomic E-state index is 5.21. The topological polar surface area (TPSA) is 63.2 Å². The first-order valence-corrected chi connectivity index (χ1v) is 7.88. The highest BCUT2D eigenvalue weighted by molar-refractivity contribution is 5.39. The standard InChI is InChI=1S/C15H27N5O/c1-11(2)9-10-20(12-7-5-6-8-12)14-17-13(16-3)18-15(19-14)21-4/h11-12H,5-10H2,1-4H3,(H,16,17,18,19). The summed E-state index contributed by atoms with van der Waals surface area (Å²) in [4.78, 5) is 15.5. The highest BCUT2D eigenvalue weighted by Crippen LogP contribution is 2.28. The number of hydrogen-bond donors (Lipinski definition) is 1. The van der Waals surface area contributed by atoms with Gasteiger partial charge in [0.2, 0.25) is 11.9 Å². The number of methoxy groups -OCH3 is 1. The normalized spacial score (nSPS) is 15.5. The number of ether oxygens (including phenoxy) is 1. The van der Waals surface area contributed by atoms with Gasteiger partial charge < -0.3 is 15.0 Å². The zero-order valence-corrected chi connectivity index (χ0v) is 13.6. The van der Waals surface area contributed by atoms with Gasteiger partial charge in [-0.1, -0.05) is 26.7 Å². The molecule has 1 saturated carbocycles. The first-order valence-electron chi connectivity index (χ1n) is 7.88. The van der Waals surface area contributed by atoms with Crippen molar-refractivity contribution < 1.29 is 4.74 Å². The lowest BCUT2D eigenvalue weighted by atomic mass is 10.1. The fourth-order valence-corrected chi connectivity index (χ4v) is 2.74. The van der Waals surface area contributed by atoms with Gasteiger partial charge in [0.05, 0.1) is 7.11 Å². The molecule has 118 valence electrons. The summed E-state index contributed by atoms with van der Waals surface area (Å²) in [5.74, 6) is 1.96. The van der Waals surface area contributed by atoms with Crippen molar-refractivity contribution in [2.45, 2.75) is 52.0 Å². The van der Waals surface area contributed by atoms with Crippen molar-refractivity contribution in [1.82, 2.24) is 15.0 Å². The molecule has 0 bridgehead atoms. The lowest BCUT2D eigenvalue weighted by molar-refractivity contribution is 0.377. The number of nitrogens with one attached hydrogen (secondary N) is 1. The van der Waals surface area contributed by atoms with Gasteiger partial charge in [0.25, 0.3) is 0 Å². The summed E-state index contributed by atoms with van der Waals surface area (Å²) < 4.78 is 5.21. The minimum atomic E-state index is 0.372. The van der Waals surface area contributed by atoms with Crippen molar-refractivity contribution in [3.8, 4) is 6.01 Å². The predicted octanol–water partition coefficient (Wildman–Crippen LogP) is 2.72. The molecule has 0 spiro atoms. The monoisotopic (exact) mass is 293 g/mol. The fraction of sp³-hybridized carbons (Fsp3) is 0.800. The van der Waals surface area contributed by atoms with E-state index in [-0.39, 0.29) is 0 Å². The van der Waals surface area contributed by atoms with Gasteiger partial charge in [-0.15, -0.1) is 0 Å². The maximum Gasteiger partial charge on any atom is 0.322 e. The van der Waals surface area contributed by atoms with Crippen LogP contribution in [0.1, 0.15) is 46.0 Å². The summed E-state index contributed by atoms with van der Waals surface area (Å²) in [6.07, 6.45) is 6.18. The summed E-state index contributed by atoms with van der Waals surface area (Å²) in [6.45, 7) is 5.48. The Morgan fingerprint density at radius 3 is 2.52 bits per heavy atom. The van der Waals surface area contributed by atoms with E-state index < -0.39 is 0 Å². The molecule has 1 aliphatic rings. The average Bonchev–Trinajstić information content (AvgIpc) is 3.00. The van der Waals surface area contributed by atoms with Crippen molar-refractivity contribution in [3.63, 3.8) is 0 Å². The third kappa shape index (κ3) is 4.19. The molecule has 6 nitrogen and oxygen atoms in total. The molecule has 1 fully saturated rings. The average molecular weight is 293 g/mol. The molecule has 0 atom stereocenters. The Kier molecular flexibility index (Phi) is 5.59. The molecule has 0 amide bonds. The summed E-state index contributed by atoms with van der Waals surface area (Å²) >= 11 is 0. The van der Waals surface area contributed by atoms with Gasteiger partial charge in [-0.3, -0.25) is 0 Å². The molecule has 0 unspecified atom stereocenters. The molecular formula is C15H27N5O. The van der Waals surface area contributed by atoms with Crippen LogP contribution in [-0.2, 0) is 0 Å². The molecule has 1 aromatic heterocycles. The molecule has 0 saturated heterocycles. The minimum absolute atomic E-state index is 0.372. The molecule has 1 N–H and O–H groups in total. The SMILES string of the molecule is CNc1nc(OC)nc(N(CCC(C)C)C2CCCC2)n1. The Balaban J connectivity index is 2.25. The van der Waals surface area contributed by atoms with E-state index in [1.165, 1.54) is 25.7 Å². The second-order valence-corrected chi connectivity index (χ2v) is 6.01. The Bertz CT molecular complexity index is 423. The van der Waals surface area contributed by atoms with Crippen molar-refractivity contribution in [2.24, 2.45) is 5.92 Å². The molecule has 1 aliphatic carbocycles. The Hall–Kier alpha value is -1.59. The molecule has 0 aliphatic heterocycles. The van der Waals surface area contributed by atoms with Crippen molar-refractivity contribution in [3.05, 3.63) is 0 Å². The van der Waals surface area contributed by atoms with Gasteiger partial charge in [-0.05, 0) is 25.2 Å². The summed E-state index contributed by atoms with van der Waals surface area (Å²) in [6, 6.07) is 0.914. The van der Waals surface area contributed by atoms with Crippen LogP contribution >= 0.6 is 0 Å². The molecule has 0 radical (unpaired) electrons. The van der Waals surface area contributed by atoms with Crippen LogP contribution in [0, 0.1) is 5.92 Å². The second-order valence-electron chi connectivity index (χ2n) is 6.01. The lowest BCUT2D eigenvalue weighted by Crippen LogP contribution is -2.36. The van der Waals surface area contributed by atoms with Crippen LogP contribution in [-0.4, -0.2) is 41.7 Å². The number of nitrogens with zero attached hydrogens (tertiary/aromatic N) is 4. The quantitative estimate of drug-likeness (QED) is 0.834. The van der Waals surface area contributed by atoms with Gasteiger partial charge in [0.1, 0.15) is 0 Å². The van der Waals surface area contributed by atoms with Crippen molar-refractivity contribution >= 4 is 11.9 Å². The van der Waals surface area contributed by atoms with Crippen LogP contribution in [0.3, 0.4) is 0 Å². The fourth-order valence-electron chi connectivity index (χ4n) is 2.74. The summed E-state index contributed by atoms with van der Waals surface area (Å²) in [5.41, 5.74) is 0. The van der Waals surface area contributed by atoms with Crippen LogP contribution in [0.5, 0.6) is 6.01 Å². The molecular weight excluding hydrogens is 266 g/mol. The Morgan fingerprint density at radius 2 is 1.95 bits per heavy atom. The second kappa shape index (κ2) is 7.43. The molecule has 6 heteroatoms. The van der Waals surface area contributed by atoms with Crippen LogP contribution < -0.4 is 15.0 Å². The van der Waals surface area contributed by atoms with Crippen LogP contribution in [0.25, 0.3) is 0 Å². The molecule has 2 rings (SSSR count). The maximum atomic E-state index is 5.21. The zero-order valence-electron chi connectivity index (χ0n) is 13.6. The number of rotatable bonds is 7. The minimum Gasteiger partial charge on any atom is -0.467 e. The number of hydrogen-bond acceptors (Lipinski definition) is 6. The predicted molar refractivity (Wildman–Crippen MR) is 85.0 cm³/mol. The van der Waals surface area contributed by atoms with E-state index in [0.717, 1.165) is 18.9 Å². The first kappa shape index (κ1) is 15.8. The van der Waals surface area contributed by atoms with E-state index in [2.05, 4.69) is 39.0 Å². The van der Waals surface area contributed by atoms with E-state index in [9.17, 15) is 0 Å².